The Balaban J connectivity index is 1.47. The average Bonchev–Trinajstić information content (AvgIpc) is 3.05. The Morgan fingerprint density at radius 1 is 1.31 bits per heavy atom. The van der Waals surface area contributed by atoms with Gasteiger partial charge in [0.25, 0.3) is 0 Å². The molecule has 2 aromatic heterocycles. The predicted molar refractivity (Wildman–Crippen MR) is 101 cm³/mol. The van der Waals surface area contributed by atoms with Crippen LogP contribution in [0, 0.1) is 0 Å². The number of nitrogens with one attached hydrogen (secondary N) is 1. The molecule has 0 spiro atoms. The molecule has 2 aromatic rings. The Morgan fingerprint density at radius 3 is 2.88 bits per heavy atom. The number of anilines is 2. The van der Waals surface area contributed by atoms with Crippen LogP contribution < -0.4 is 10.2 Å². The first-order valence-electron chi connectivity index (χ1n) is 9.12. The zero-order chi connectivity index (χ0) is 18.4. The van der Waals surface area contributed by atoms with E-state index in [0.717, 1.165) is 43.9 Å². The summed E-state index contributed by atoms with van der Waals surface area (Å²) in [5.74, 6) is 1.14. The number of nitrogens with zero attached hydrogens (tertiary/aromatic N) is 6. The predicted octanol–water partition coefficient (Wildman–Crippen LogP) is 1.62. The van der Waals surface area contributed by atoms with Gasteiger partial charge in [-0.25, -0.2) is 9.97 Å². The first-order valence-corrected chi connectivity index (χ1v) is 9.12. The van der Waals surface area contributed by atoms with E-state index in [1.807, 2.05) is 36.2 Å². The zero-order valence-electron chi connectivity index (χ0n) is 15.5. The number of pyridine rings is 1. The lowest BCUT2D eigenvalue weighted by molar-refractivity contribution is -0.131. The highest BCUT2D eigenvalue weighted by Crippen LogP contribution is 2.18. The van der Waals surface area contributed by atoms with E-state index in [1.54, 1.807) is 11.0 Å². The quantitative estimate of drug-likeness (QED) is 0.846. The van der Waals surface area contributed by atoms with E-state index < -0.39 is 0 Å². The molecule has 0 radical (unpaired) electrons. The smallest absolute Gasteiger partial charge is 0.224 e. The highest BCUT2D eigenvalue weighted by atomic mass is 16.2. The van der Waals surface area contributed by atoms with Crippen molar-refractivity contribution in [3.63, 3.8) is 0 Å². The Bertz CT molecular complexity index is 684. The van der Waals surface area contributed by atoms with Crippen LogP contribution in [-0.4, -0.2) is 63.8 Å². The van der Waals surface area contributed by atoms with Crippen LogP contribution in [0.2, 0.25) is 0 Å². The van der Waals surface area contributed by atoms with Crippen LogP contribution >= 0.6 is 0 Å². The summed E-state index contributed by atoms with van der Waals surface area (Å²) in [5, 5.41) is 7.60. The topological polar surface area (TPSA) is 79.2 Å². The molecule has 3 rings (SSSR count). The van der Waals surface area contributed by atoms with Crippen LogP contribution in [0.1, 0.15) is 25.7 Å². The number of hydrogen-bond donors (Lipinski definition) is 1. The number of hydrogen-bond acceptors (Lipinski definition) is 6. The lowest BCUT2D eigenvalue weighted by Crippen LogP contribution is -2.33. The fraction of sp³-hybridized carbons (Fsp3) is 0.556. The number of rotatable bonds is 6. The molecule has 8 heteroatoms. The van der Waals surface area contributed by atoms with Crippen LogP contribution in [0.5, 0.6) is 0 Å². The number of carbonyl (C=O) groups excluding carboxylic acids is 1. The molecule has 0 aromatic carbocycles. The summed E-state index contributed by atoms with van der Waals surface area (Å²) in [4.78, 5) is 24.8. The normalized spacial score (nSPS) is 17.6. The van der Waals surface area contributed by atoms with Crippen molar-refractivity contribution in [2.45, 2.75) is 38.3 Å². The fourth-order valence-corrected chi connectivity index (χ4v) is 3.18. The summed E-state index contributed by atoms with van der Waals surface area (Å²) >= 11 is 0. The third kappa shape index (κ3) is 4.93. The minimum Gasteiger partial charge on any atom is -0.381 e. The molecule has 0 aliphatic carbocycles. The Hall–Kier alpha value is -2.64. The number of carbonyl (C=O) groups is 1. The summed E-state index contributed by atoms with van der Waals surface area (Å²) < 4.78 is 1.70. The van der Waals surface area contributed by atoms with Gasteiger partial charge in [-0.05, 0) is 31.4 Å². The molecule has 1 amide bonds. The molecule has 1 fully saturated rings. The van der Waals surface area contributed by atoms with E-state index in [0.29, 0.717) is 19.0 Å². The van der Waals surface area contributed by atoms with Gasteiger partial charge in [-0.1, -0.05) is 0 Å². The second kappa shape index (κ2) is 8.64. The summed E-state index contributed by atoms with van der Waals surface area (Å²) in [6.07, 6.45) is 8.50. The van der Waals surface area contributed by atoms with Crippen LogP contribution in [0.3, 0.4) is 0 Å². The maximum absolute atomic E-state index is 12.4. The van der Waals surface area contributed by atoms with Crippen molar-refractivity contribution in [1.82, 2.24) is 24.6 Å². The number of likely N-dealkylation sites (tertiary alicyclic amines) is 1. The summed E-state index contributed by atoms with van der Waals surface area (Å²) in [7, 11) is 3.96. The van der Waals surface area contributed by atoms with Gasteiger partial charge in [0.15, 0.2) is 0 Å². The van der Waals surface area contributed by atoms with E-state index in [1.165, 1.54) is 6.33 Å². The van der Waals surface area contributed by atoms with Crippen LogP contribution in [-0.2, 0) is 11.3 Å². The summed E-state index contributed by atoms with van der Waals surface area (Å²) in [6, 6.07) is 4.45. The van der Waals surface area contributed by atoms with Gasteiger partial charge in [-0.3, -0.25) is 9.48 Å². The maximum Gasteiger partial charge on any atom is 0.224 e. The maximum atomic E-state index is 12.4. The minimum atomic E-state index is 0.193. The third-order valence-corrected chi connectivity index (χ3v) is 4.68. The standard InChI is InChI=1S/C18H27N7O/c1-23(2)17-6-5-16(12-20-17)22-15-4-3-9-24(10-7-15)18(26)8-11-25-14-19-13-21-25/h5-6,12-15,22H,3-4,7-11H2,1-2H3/t15-/m1/s1. The molecule has 1 aliphatic heterocycles. The second-order valence-corrected chi connectivity index (χ2v) is 6.86. The van der Waals surface area contributed by atoms with Gasteiger partial charge < -0.3 is 15.1 Å². The molecule has 0 unspecified atom stereocenters. The molecule has 1 aliphatic rings. The Kier molecular flexibility index (Phi) is 6.04. The van der Waals surface area contributed by atoms with E-state index in [2.05, 4.69) is 26.4 Å². The molecule has 0 saturated carbocycles. The molecular weight excluding hydrogens is 330 g/mol. The SMILES string of the molecule is CN(C)c1ccc(N[C@@H]2CCCN(C(=O)CCn3cncn3)CC2)cn1. The van der Waals surface area contributed by atoms with Crippen molar-refractivity contribution < 1.29 is 4.79 Å². The lowest BCUT2D eigenvalue weighted by atomic mass is 10.1. The average molecular weight is 357 g/mol. The third-order valence-electron chi connectivity index (χ3n) is 4.68. The highest BCUT2D eigenvalue weighted by Gasteiger charge is 2.20. The van der Waals surface area contributed by atoms with Crippen molar-refractivity contribution in [2.24, 2.45) is 0 Å². The highest BCUT2D eigenvalue weighted by molar-refractivity contribution is 5.76. The molecule has 1 N–H and O–H groups in total. The van der Waals surface area contributed by atoms with Crippen molar-refractivity contribution in [2.75, 3.05) is 37.4 Å². The minimum absolute atomic E-state index is 0.193. The van der Waals surface area contributed by atoms with Crippen LogP contribution in [0.15, 0.2) is 31.0 Å². The number of aromatic nitrogens is 4. The molecule has 1 atom stereocenters. The molecule has 1 saturated heterocycles. The van der Waals surface area contributed by atoms with Gasteiger partial charge in [-0.15, -0.1) is 0 Å². The van der Waals surface area contributed by atoms with Crippen molar-refractivity contribution in [3.05, 3.63) is 31.0 Å². The van der Waals surface area contributed by atoms with Crippen molar-refractivity contribution in [3.8, 4) is 0 Å². The van der Waals surface area contributed by atoms with E-state index in [-0.39, 0.29) is 5.91 Å². The van der Waals surface area contributed by atoms with Gasteiger partial charge in [0.2, 0.25) is 5.91 Å². The van der Waals surface area contributed by atoms with E-state index in [4.69, 9.17) is 0 Å². The first-order chi connectivity index (χ1) is 12.6. The van der Waals surface area contributed by atoms with Crippen molar-refractivity contribution in [1.29, 1.82) is 0 Å². The van der Waals surface area contributed by atoms with Crippen LogP contribution in [0.4, 0.5) is 11.5 Å². The zero-order valence-corrected chi connectivity index (χ0v) is 15.5. The van der Waals surface area contributed by atoms with Gasteiger partial charge in [0, 0.05) is 39.6 Å². The molecule has 26 heavy (non-hydrogen) atoms. The molecule has 8 nitrogen and oxygen atoms in total. The summed E-state index contributed by atoms with van der Waals surface area (Å²) in [6.45, 7) is 2.20. The van der Waals surface area contributed by atoms with Gasteiger partial charge in [-0.2, -0.15) is 5.10 Å². The van der Waals surface area contributed by atoms with Crippen molar-refractivity contribution >= 4 is 17.4 Å². The first kappa shape index (κ1) is 18.2. The van der Waals surface area contributed by atoms with Gasteiger partial charge in [0.05, 0.1) is 18.4 Å². The number of aryl methyl sites for hydroxylation is 1. The Morgan fingerprint density at radius 2 is 2.19 bits per heavy atom. The lowest BCUT2D eigenvalue weighted by Gasteiger charge is -2.21. The molecule has 3 heterocycles. The largest absolute Gasteiger partial charge is 0.381 e. The molecular formula is C18H27N7O. The van der Waals surface area contributed by atoms with Crippen LogP contribution in [0.25, 0.3) is 0 Å². The van der Waals surface area contributed by atoms with Gasteiger partial charge >= 0.3 is 0 Å². The monoisotopic (exact) mass is 357 g/mol. The summed E-state index contributed by atoms with van der Waals surface area (Å²) in [5.41, 5.74) is 1.03. The molecule has 140 valence electrons. The molecule has 0 bridgehead atoms. The number of amides is 1. The second-order valence-electron chi connectivity index (χ2n) is 6.86. The fourth-order valence-electron chi connectivity index (χ4n) is 3.18. The van der Waals surface area contributed by atoms with E-state index >= 15 is 0 Å². The Labute approximate surface area is 154 Å². The van der Waals surface area contributed by atoms with E-state index in [9.17, 15) is 4.79 Å². The van der Waals surface area contributed by atoms with Gasteiger partial charge in [0.1, 0.15) is 18.5 Å².